The van der Waals surface area contributed by atoms with Crippen LogP contribution in [0.5, 0.6) is 0 Å². The fourth-order valence-electron chi connectivity index (χ4n) is 1.28. The van der Waals surface area contributed by atoms with Crippen molar-refractivity contribution in [2.45, 2.75) is 20.4 Å². The maximum atomic E-state index is 4.03. The molecule has 0 amide bonds. The van der Waals surface area contributed by atoms with E-state index >= 15 is 0 Å². The number of aromatic nitrogens is 5. The fourth-order valence-corrected chi connectivity index (χ4v) is 1.28. The standard InChI is InChI=1S/C11H13N5/c1-3-16-8-10(13-15-16)4-5-11-9(2)6-7-12-14-11/h4-8H,3H2,1-2H3/b5-4+. The van der Waals surface area contributed by atoms with E-state index in [1.807, 2.05) is 38.3 Å². The molecule has 0 unspecified atom stereocenters. The molecule has 0 aliphatic heterocycles. The average Bonchev–Trinajstić information content (AvgIpc) is 2.76. The number of rotatable bonds is 3. The van der Waals surface area contributed by atoms with E-state index in [1.54, 1.807) is 10.9 Å². The monoisotopic (exact) mass is 215 g/mol. The molecule has 2 aromatic rings. The predicted molar refractivity (Wildman–Crippen MR) is 61.4 cm³/mol. The van der Waals surface area contributed by atoms with Crippen molar-refractivity contribution in [1.82, 2.24) is 25.2 Å². The topological polar surface area (TPSA) is 56.5 Å². The zero-order valence-electron chi connectivity index (χ0n) is 9.33. The Bertz CT molecular complexity index is 501. The Morgan fingerprint density at radius 2 is 2.19 bits per heavy atom. The van der Waals surface area contributed by atoms with Gasteiger partial charge in [0.15, 0.2) is 0 Å². The van der Waals surface area contributed by atoms with Gasteiger partial charge in [0.2, 0.25) is 0 Å². The van der Waals surface area contributed by atoms with E-state index in [9.17, 15) is 0 Å². The van der Waals surface area contributed by atoms with E-state index in [2.05, 4.69) is 20.5 Å². The molecule has 0 saturated carbocycles. The highest BCUT2D eigenvalue weighted by molar-refractivity contribution is 5.66. The number of hydrogen-bond acceptors (Lipinski definition) is 4. The Morgan fingerprint density at radius 1 is 1.31 bits per heavy atom. The van der Waals surface area contributed by atoms with E-state index < -0.39 is 0 Å². The molecule has 0 N–H and O–H groups in total. The van der Waals surface area contributed by atoms with Gasteiger partial charge in [0, 0.05) is 12.7 Å². The summed E-state index contributed by atoms with van der Waals surface area (Å²) in [5.74, 6) is 0. The van der Waals surface area contributed by atoms with Gasteiger partial charge in [-0.05, 0) is 37.6 Å². The van der Waals surface area contributed by atoms with Crippen molar-refractivity contribution in [1.29, 1.82) is 0 Å². The van der Waals surface area contributed by atoms with Crippen LogP contribution in [0.4, 0.5) is 0 Å². The predicted octanol–water partition coefficient (Wildman–Crippen LogP) is 1.57. The van der Waals surface area contributed by atoms with E-state index in [0.29, 0.717) is 0 Å². The van der Waals surface area contributed by atoms with Crippen molar-refractivity contribution in [3.63, 3.8) is 0 Å². The molecule has 2 rings (SSSR count). The largest absolute Gasteiger partial charge is 0.252 e. The lowest BCUT2D eigenvalue weighted by atomic mass is 10.2. The maximum Gasteiger partial charge on any atom is 0.105 e. The van der Waals surface area contributed by atoms with Crippen molar-refractivity contribution in [2.75, 3.05) is 0 Å². The van der Waals surface area contributed by atoms with Crippen LogP contribution in [-0.4, -0.2) is 25.2 Å². The fraction of sp³-hybridized carbons (Fsp3) is 0.273. The molecule has 2 heterocycles. The minimum absolute atomic E-state index is 0.824. The van der Waals surface area contributed by atoms with Gasteiger partial charge in [-0.2, -0.15) is 10.2 Å². The summed E-state index contributed by atoms with van der Waals surface area (Å²) in [4.78, 5) is 0. The van der Waals surface area contributed by atoms with E-state index in [4.69, 9.17) is 0 Å². The van der Waals surface area contributed by atoms with Crippen LogP contribution in [0, 0.1) is 6.92 Å². The van der Waals surface area contributed by atoms with E-state index in [-0.39, 0.29) is 0 Å². The van der Waals surface area contributed by atoms with Crippen LogP contribution in [0.1, 0.15) is 23.9 Å². The first kappa shape index (κ1) is 10.5. The highest BCUT2D eigenvalue weighted by Gasteiger charge is 1.97. The minimum atomic E-state index is 0.824. The van der Waals surface area contributed by atoms with Gasteiger partial charge in [0.25, 0.3) is 0 Å². The van der Waals surface area contributed by atoms with Crippen LogP contribution in [0.3, 0.4) is 0 Å². The quantitative estimate of drug-likeness (QED) is 0.779. The molecular formula is C11H13N5. The van der Waals surface area contributed by atoms with Gasteiger partial charge in [-0.15, -0.1) is 5.10 Å². The van der Waals surface area contributed by atoms with Crippen LogP contribution in [0.2, 0.25) is 0 Å². The van der Waals surface area contributed by atoms with E-state index in [0.717, 1.165) is 23.5 Å². The molecule has 0 aliphatic carbocycles. The first-order chi connectivity index (χ1) is 7.79. The Balaban J connectivity index is 2.18. The summed E-state index contributed by atoms with van der Waals surface area (Å²) in [6.07, 6.45) is 7.35. The van der Waals surface area contributed by atoms with Crippen LogP contribution in [0.15, 0.2) is 18.5 Å². The second kappa shape index (κ2) is 4.65. The molecule has 0 spiro atoms. The second-order valence-corrected chi connectivity index (χ2v) is 3.43. The third-order valence-electron chi connectivity index (χ3n) is 2.25. The van der Waals surface area contributed by atoms with Gasteiger partial charge < -0.3 is 0 Å². The lowest BCUT2D eigenvalue weighted by molar-refractivity contribution is 0.627. The zero-order chi connectivity index (χ0) is 11.4. The SMILES string of the molecule is CCn1cc(/C=C/c2nnccc2C)nn1. The second-order valence-electron chi connectivity index (χ2n) is 3.43. The van der Waals surface area contributed by atoms with Crippen molar-refractivity contribution in [3.8, 4) is 0 Å². The summed E-state index contributed by atoms with van der Waals surface area (Å²) in [6.45, 7) is 4.84. The molecule has 0 saturated heterocycles. The molecule has 82 valence electrons. The van der Waals surface area contributed by atoms with Crippen LogP contribution >= 0.6 is 0 Å². The van der Waals surface area contributed by atoms with Crippen LogP contribution in [-0.2, 0) is 6.54 Å². The third kappa shape index (κ3) is 2.31. The highest BCUT2D eigenvalue weighted by atomic mass is 15.4. The summed E-state index contributed by atoms with van der Waals surface area (Å²) in [5, 5.41) is 15.8. The highest BCUT2D eigenvalue weighted by Crippen LogP contribution is 2.06. The lowest BCUT2D eigenvalue weighted by Crippen LogP contribution is -1.93. The number of aryl methyl sites for hydroxylation is 2. The Morgan fingerprint density at radius 3 is 2.88 bits per heavy atom. The van der Waals surface area contributed by atoms with Crippen LogP contribution < -0.4 is 0 Å². The zero-order valence-corrected chi connectivity index (χ0v) is 9.33. The van der Waals surface area contributed by atoms with Crippen molar-refractivity contribution in [3.05, 3.63) is 35.4 Å². The first-order valence-electron chi connectivity index (χ1n) is 5.16. The minimum Gasteiger partial charge on any atom is -0.252 e. The molecule has 0 fully saturated rings. The first-order valence-corrected chi connectivity index (χ1v) is 5.16. The molecular weight excluding hydrogens is 202 g/mol. The average molecular weight is 215 g/mol. The van der Waals surface area contributed by atoms with Crippen molar-refractivity contribution < 1.29 is 0 Å². The van der Waals surface area contributed by atoms with Gasteiger partial charge in [0.05, 0.1) is 11.9 Å². The summed E-state index contributed by atoms with van der Waals surface area (Å²) in [6, 6.07) is 1.93. The molecule has 0 radical (unpaired) electrons. The van der Waals surface area contributed by atoms with Crippen LogP contribution in [0.25, 0.3) is 12.2 Å². The maximum absolute atomic E-state index is 4.03. The summed E-state index contributed by atoms with van der Waals surface area (Å²) < 4.78 is 1.78. The van der Waals surface area contributed by atoms with E-state index in [1.165, 1.54) is 0 Å². The number of nitrogens with zero attached hydrogens (tertiary/aromatic N) is 5. The van der Waals surface area contributed by atoms with Gasteiger partial charge in [-0.1, -0.05) is 5.21 Å². The van der Waals surface area contributed by atoms with Crippen molar-refractivity contribution in [2.24, 2.45) is 0 Å². The Hall–Kier alpha value is -2.04. The summed E-state index contributed by atoms with van der Waals surface area (Å²) in [7, 11) is 0. The lowest BCUT2D eigenvalue weighted by Gasteiger charge is -1.94. The summed E-state index contributed by atoms with van der Waals surface area (Å²) >= 11 is 0. The van der Waals surface area contributed by atoms with Crippen molar-refractivity contribution >= 4 is 12.2 Å². The number of hydrogen-bond donors (Lipinski definition) is 0. The van der Waals surface area contributed by atoms with Gasteiger partial charge in [0.1, 0.15) is 5.69 Å². The molecule has 0 bridgehead atoms. The summed E-state index contributed by atoms with van der Waals surface area (Å²) in [5.41, 5.74) is 2.77. The molecule has 0 aliphatic rings. The molecule has 5 nitrogen and oxygen atoms in total. The molecule has 16 heavy (non-hydrogen) atoms. The van der Waals surface area contributed by atoms with Gasteiger partial charge in [-0.25, -0.2) is 0 Å². The smallest absolute Gasteiger partial charge is 0.105 e. The molecule has 0 atom stereocenters. The third-order valence-corrected chi connectivity index (χ3v) is 2.25. The Labute approximate surface area is 93.8 Å². The molecule has 2 aromatic heterocycles. The molecule has 5 heteroatoms. The molecule has 0 aromatic carbocycles. The van der Waals surface area contributed by atoms with Gasteiger partial charge in [-0.3, -0.25) is 4.68 Å². The Kier molecular flexibility index (Phi) is 3.05. The normalized spacial score (nSPS) is 11.1. The van der Waals surface area contributed by atoms with Gasteiger partial charge >= 0.3 is 0 Å².